The van der Waals surface area contributed by atoms with Crippen molar-refractivity contribution >= 4 is 24.1 Å². The van der Waals surface area contributed by atoms with Gasteiger partial charge in [0.25, 0.3) is 0 Å². The average molecular weight is 434 g/mol. The van der Waals surface area contributed by atoms with Gasteiger partial charge < -0.3 is 29.9 Å². The molecule has 0 aliphatic heterocycles. The Morgan fingerprint density at radius 3 is 1.38 bits per heavy atom. The normalized spacial score (nSPS) is 11.0. The molecule has 0 aliphatic carbocycles. The van der Waals surface area contributed by atoms with Crippen molar-refractivity contribution in [2.45, 2.75) is 0 Å². The van der Waals surface area contributed by atoms with E-state index in [0.717, 1.165) is 12.2 Å². The maximum atomic E-state index is 12.1. The molecule has 3 rings (SSSR count). The number of phenolic OH excluding ortho intramolecular Hbond substituents is 4. The van der Waals surface area contributed by atoms with Crippen molar-refractivity contribution in [3.05, 3.63) is 83.9 Å². The predicted molar refractivity (Wildman–Crippen MR) is 115 cm³/mol. The number of ether oxygens (including phenoxy) is 2. The first-order valence-corrected chi connectivity index (χ1v) is 9.24. The minimum absolute atomic E-state index is 0.0136. The van der Waals surface area contributed by atoms with Gasteiger partial charge in [-0.2, -0.15) is 0 Å². The number of phenols is 4. The summed E-state index contributed by atoms with van der Waals surface area (Å²) in [5, 5.41) is 37.6. The standard InChI is InChI=1S/C24H18O8/c25-17-9-5-15(13-19(17)27)7-11-23(29)31-21-3-1-2-4-22(21)32-24(30)12-8-16-6-10-18(26)20(28)14-16/h1-14,25-28H/b11-7+,12-8+. The summed E-state index contributed by atoms with van der Waals surface area (Å²) < 4.78 is 10.4. The first-order valence-electron chi connectivity index (χ1n) is 9.24. The summed E-state index contributed by atoms with van der Waals surface area (Å²) in [5.41, 5.74) is 0.921. The van der Waals surface area contributed by atoms with E-state index in [1.54, 1.807) is 12.1 Å². The third kappa shape index (κ3) is 5.90. The van der Waals surface area contributed by atoms with Gasteiger partial charge in [-0.1, -0.05) is 24.3 Å². The second-order valence-corrected chi connectivity index (χ2v) is 6.45. The Labute approximate surface area is 182 Å². The molecule has 3 aromatic rings. The molecule has 162 valence electrons. The Morgan fingerprint density at radius 1 is 0.594 bits per heavy atom. The van der Waals surface area contributed by atoms with Crippen LogP contribution in [0.15, 0.2) is 72.8 Å². The predicted octanol–water partition coefficient (Wildman–Crippen LogP) is 3.75. The lowest BCUT2D eigenvalue weighted by Gasteiger charge is -2.08. The fourth-order valence-electron chi connectivity index (χ4n) is 2.52. The highest BCUT2D eigenvalue weighted by Gasteiger charge is 2.11. The molecule has 0 saturated heterocycles. The zero-order valence-corrected chi connectivity index (χ0v) is 16.5. The van der Waals surface area contributed by atoms with Crippen LogP contribution in [0.25, 0.3) is 12.2 Å². The van der Waals surface area contributed by atoms with Gasteiger partial charge in [0.2, 0.25) is 0 Å². The van der Waals surface area contributed by atoms with Crippen LogP contribution in [-0.4, -0.2) is 32.4 Å². The van der Waals surface area contributed by atoms with E-state index in [1.165, 1.54) is 60.7 Å². The Bertz CT molecular complexity index is 1120. The molecule has 0 saturated carbocycles. The van der Waals surface area contributed by atoms with Crippen LogP contribution in [0, 0.1) is 0 Å². The average Bonchev–Trinajstić information content (AvgIpc) is 2.77. The molecule has 0 atom stereocenters. The van der Waals surface area contributed by atoms with Gasteiger partial charge >= 0.3 is 11.9 Å². The highest BCUT2D eigenvalue weighted by atomic mass is 16.6. The van der Waals surface area contributed by atoms with E-state index in [2.05, 4.69) is 0 Å². The third-order valence-electron chi connectivity index (χ3n) is 4.09. The van der Waals surface area contributed by atoms with Gasteiger partial charge in [-0.05, 0) is 59.7 Å². The Morgan fingerprint density at radius 2 is 1.00 bits per heavy atom. The van der Waals surface area contributed by atoms with Gasteiger partial charge in [0, 0.05) is 12.2 Å². The van der Waals surface area contributed by atoms with Crippen molar-refractivity contribution < 1.29 is 39.5 Å². The highest BCUT2D eigenvalue weighted by Crippen LogP contribution is 2.28. The zero-order valence-electron chi connectivity index (χ0n) is 16.5. The van der Waals surface area contributed by atoms with Crippen molar-refractivity contribution in [1.29, 1.82) is 0 Å². The first-order chi connectivity index (χ1) is 15.3. The van der Waals surface area contributed by atoms with Crippen molar-refractivity contribution in [2.24, 2.45) is 0 Å². The van der Waals surface area contributed by atoms with Crippen LogP contribution in [0.4, 0.5) is 0 Å². The molecule has 0 radical (unpaired) electrons. The number of benzene rings is 3. The molecular formula is C24H18O8. The molecular weight excluding hydrogens is 416 g/mol. The van der Waals surface area contributed by atoms with Crippen LogP contribution in [0.5, 0.6) is 34.5 Å². The zero-order chi connectivity index (χ0) is 23.1. The van der Waals surface area contributed by atoms with Gasteiger partial charge in [0.1, 0.15) is 0 Å². The molecule has 8 heteroatoms. The van der Waals surface area contributed by atoms with Gasteiger partial charge in [-0.15, -0.1) is 0 Å². The third-order valence-corrected chi connectivity index (χ3v) is 4.09. The second-order valence-electron chi connectivity index (χ2n) is 6.45. The van der Waals surface area contributed by atoms with Crippen molar-refractivity contribution in [2.75, 3.05) is 0 Å². The van der Waals surface area contributed by atoms with E-state index in [4.69, 9.17) is 9.47 Å². The van der Waals surface area contributed by atoms with E-state index in [9.17, 15) is 30.0 Å². The van der Waals surface area contributed by atoms with Crippen LogP contribution >= 0.6 is 0 Å². The SMILES string of the molecule is O=C(/C=C/c1ccc(O)c(O)c1)Oc1ccccc1OC(=O)/C=C/c1ccc(O)c(O)c1. The lowest BCUT2D eigenvalue weighted by atomic mass is 10.2. The molecule has 0 amide bonds. The monoisotopic (exact) mass is 434 g/mol. The molecule has 0 heterocycles. The minimum Gasteiger partial charge on any atom is -0.504 e. The largest absolute Gasteiger partial charge is 0.504 e. The number of hydrogen-bond donors (Lipinski definition) is 4. The molecule has 0 aromatic heterocycles. The summed E-state index contributed by atoms with van der Waals surface area (Å²) in [7, 11) is 0. The number of carbonyl (C=O) groups excluding carboxylic acids is 2. The molecule has 0 fully saturated rings. The fraction of sp³-hybridized carbons (Fsp3) is 0. The van der Waals surface area contributed by atoms with Gasteiger partial charge in [0.15, 0.2) is 34.5 Å². The summed E-state index contributed by atoms with van der Waals surface area (Å²) >= 11 is 0. The summed E-state index contributed by atoms with van der Waals surface area (Å²) in [6, 6.07) is 14.2. The van der Waals surface area contributed by atoms with Gasteiger partial charge in [-0.25, -0.2) is 9.59 Å². The number of para-hydroxylation sites is 2. The quantitative estimate of drug-likeness (QED) is 0.200. The van der Waals surface area contributed by atoms with Crippen molar-refractivity contribution in [3.8, 4) is 34.5 Å². The van der Waals surface area contributed by atoms with Crippen LogP contribution in [0.1, 0.15) is 11.1 Å². The molecule has 4 N–H and O–H groups in total. The topological polar surface area (TPSA) is 134 Å². The summed E-state index contributed by atoms with van der Waals surface area (Å²) in [6.45, 7) is 0. The van der Waals surface area contributed by atoms with Crippen LogP contribution in [-0.2, 0) is 9.59 Å². The van der Waals surface area contributed by atoms with E-state index in [-0.39, 0.29) is 34.5 Å². The van der Waals surface area contributed by atoms with Crippen LogP contribution in [0.3, 0.4) is 0 Å². The lowest BCUT2D eigenvalue weighted by molar-refractivity contribution is -0.131. The fourth-order valence-corrected chi connectivity index (χ4v) is 2.52. The molecule has 0 spiro atoms. The molecule has 3 aromatic carbocycles. The number of rotatable bonds is 6. The maximum Gasteiger partial charge on any atom is 0.336 e. The molecule has 0 bridgehead atoms. The summed E-state index contributed by atoms with van der Waals surface area (Å²) in [4.78, 5) is 24.3. The van der Waals surface area contributed by atoms with Crippen LogP contribution in [0.2, 0.25) is 0 Å². The maximum absolute atomic E-state index is 12.1. The van der Waals surface area contributed by atoms with Crippen molar-refractivity contribution in [3.63, 3.8) is 0 Å². The molecule has 8 nitrogen and oxygen atoms in total. The van der Waals surface area contributed by atoms with Gasteiger partial charge in [-0.3, -0.25) is 0 Å². The summed E-state index contributed by atoms with van der Waals surface area (Å²) in [6.07, 6.45) is 4.99. The van der Waals surface area contributed by atoms with E-state index >= 15 is 0 Å². The smallest absolute Gasteiger partial charge is 0.336 e. The van der Waals surface area contributed by atoms with Crippen molar-refractivity contribution in [1.82, 2.24) is 0 Å². The van der Waals surface area contributed by atoms with E-state index in [0.29, 0.717) is 11.1 Å². The number of carbonyl (C=O) groups is 2. The van der Waals surface area contributed by atoms with E-state index in [1.807, 2.05) is 0 Å². The summed E-state index contributed by atoms with van der Waals surface area (Å²) in [5.74, 6) is -2.69. The minimum atomic E-state index is -0.754. The Hall–Kier alpha value is -4.72. The lowest BCUT2D eigenvalue weighted by Crippen LogP contribution is -2.08. The molecule has 0 unspecified atom stereocenters. The number of esters is 2. The number of hydrogen-bond acceptors (Lipinski definition) is 8. The Kier molecular flexibility index (Phi) is 6.77. The second kappa shape index (κ2) is 9.86. The molecule has 0 aliphatic rings. The first kappa shape index (κ1) is 22.0. The van der Waals surface area contributed by atoms with E-state index < -0.39 is 11.9 Å². The molecule has 32 heavy (non-hydrogen) atoms. The highest BCUT2D eigenvalue weighted by molar-refractivity contribution is 5.91. The van der Waals surface area contributed by atoms with Gasteiger partial charge in [0.05, 0.1) is 0 Å². The number of aromatic hydroxyl groups is 4. The van der Waals surface area contributed by atoms with Crippen LogP contribution < -0.4 is 9.47 Å². The Balaban J connectivity index is 1.65.